The molecule has 0 radical (unpaired) electrons. The van der Waals surface area contributed by atoms with Gasteiger partial charge in [0.25, 0.3) is 0 Å². The van der Waals surface area contributed by atoms with Gasteiger partial charge in [0, 0.05) is 24.8 Å². The highest BCUT2D eigenvalue weighted by Crippen LogP contribution is 2.37. The molecule has 1 spiro atoms. The van der Waals surface area contributed by atoms with Crippen LogP contribution in [0.2, 0.25) is 0 Å². The highest BCUT2D eigenvalue weighted by Gasteiger charge is 2.42. The van der Waals surface area contributed by atoms with Crippen LogP contribution in [0.25, 0.3) is 11.3 Å². The number of urea groups is 1. The first kappa shape index (κ1) is 18.4. The summed E-state index contributed by atoms with van der Waals surface area (Å²) >= 11 is 0. The third kappa shape index (κ3) is 3.32. The number of aromatic nitrogens is 2. The summed E-state index contributed by atoms with van der Waals surface area (Å²) < 4.78 is 0. The van der Waals surface area contributed by atoms with E-state index >= 15 is 0 Å². The Hall–Kier alpha value is -3.61. The molecule has 152 valence electrons. The Morgan fingerprint density at radius 1 is 1.00 bits per heavy atom. The van der Waals surface area contributed by atoms with Crippen LogP contribution in [0.15, 0.2) is 66.9 Å². The van der Waals surface area contributed by atoms with Crippen molar-refractivity contribution in [2.24, 2.45) is 0 Å². The van der Waals surface area contributed by atoms with Gasteiger partial charge in [-0.15, -0.1) is 0 Å². The van der Waals surface area contributed by atoms with Crippen LogP contribution >= 0.6 is 0 Å². The maximum atomic E-state index is 12.8. The van der Waals surface area contributed by atoms with E-state index in [2.05, 4.69) is 21.9 Å². The van der Waals surface area contributed by atoms with Crippen LogP contribution in [0.1, 0.15) is 24.0 Å². The van der Waals surface area contributed by atoms with Crippen LogP contribution in [-0.2, 0) is 16.8 Å². The van der Waals surface area contributed by atoms with Crippen molar-refractivity contribution in [1.82, 2.24) is 20.1 Å². The fourth-order valence-corrected chi connectivity index (χ4v) is 4.50. The van der Waals surface area contributed by atoms with Gasteiger partial charge in [0.1, 0.15) is 0 Å². The van der Waals surface area contributed by atoms with E-state index in [0.29, 0.717) is 32.4 Å². The second-order valence-corrected chi connectivity index (χ2v) is 7.88. The molecule has 3 aromatic rings. The quantitative estimate of drug-likeness (QED) is 0.693. The molecule has 3 amide bonds. The largest absolute Gasteiger partial charge is 0.346 e. The first-order valence-electron chi connectivity index (χ1n) is 10.2. The molecule has 7 nitrogen and oxygen atoms in total. The van der Waals surface area contributed by atoms with Gasteiger partial charge in [-0.2, -0.15) is 9.89 Å². The number of carbonyl (C=O) groups excluding carboxylic acids is 2. The van der Waals surface area contributed by atoms with Crippen LogP contribution in [0.5, 0.6) is 0 Å². The summed E-state index contributed by atoms with van der Waals surface area (Å²) in [5, 5.41) is 7.64. The predicted octanol–water partition coefficient (Wildman–Crippen LogP) is 2.88. The van der Waals surface area contributed by atoms with Crippen LogP contribution < -0.4 is 10.7 Å². The standard InChI is InChI=1S/C23H23N5O2/c29-21-16-18-8-4-5-9-19(18)23(24-21)11-14-27(15-12-23)22(30)26-28-13-10-20(25-28)17-6-2-1-3-7-17/h1-10,13H,11-12,14-16H2,(H,24,29)(H,26,30). The Bertz CT molecular complexity index is 1080. The molecular weight excluding hydrogens is 378 g/mol. The average molecular weight is 401 g/mol. The van der Waals surface area contributed by atoms with Crippen LogP contribution in [0, 0.1) is 0 Å². The Labute approximate surface area is 174 Å². The summed E-state index contributed by atoms with van der Waals surface area (Å²) in [4.78, 5) is 28.2. The van der Waals surface area contributed by atoms with E-state index in [4.69, 9.17) is 0 Å². The number of fused-ring (bicyclic) bond motifs is 2. The maximum Gasteiger partial charge on any atom is 0.337 e. The summed E-state index contributed by atoms with van der Waals surface area (Å²) in [5.41, 5.74) is 6.52. The number of piperidine rings is 1. The highest BCUT2D eigenvalue weighted by atomic mass is 16.2. The summed E-state index contributed by atoms with van der Waals surface area (Å²) in [5.74, 6) is 0.0524. The molecule has 1 fully saturated rings. The molecule has 0 unspecified atom stereocenters. The monoisotopic (exact) mass is 401 g/mol. The predicted molar refractivity (Wildman–Crippen MR) is 113 cm³/mol. The number of likely N-dealkylation sites (tertiary alicyclic amines) is 1. The van der Waals surface area contributed by atoms with Crippen molar-refractivity contribution in [3.63, 3.8) is 0 Å². The molecule has 3 heterocycles. The smallest absolute Gasteiger partial charge is 0.337 e. The van der Waals surface area contributed by atoms with Gasteiger partial charge in [0.2, 0.25) is 5.91 Å². The topological polar surface area (TPSA) is 79.3 Å². The summed E-state index contributed by atoms with van der Waals surface area (Å²) in [6.07, 6.45) is 3.55. The number of benzene rings is 2. The van der Waals surface area contributed by atoms with Gasteiger partial charge in [0.05, 0.1) is 17.7 Å². The fraction of sp³-hybridized carbons (Fsp3) is 0.261. The van der Waals surface area contributed by atoms with Crippen molar-refractivity contribution in [3.05, 3.63) is 78.0 Å². The molecule has 0 atom stereocenters. The van der Waals surface area contributed by atoms with Gasteiger partial charge in [0.15, 0.2) is 0 Å². The minimum absolute atomic E-state index is 0.0524. The van der Waals surface area contributed by atoms with Crippen molar-refractivity contribution < 1.29 is 9.59 Å². The molecule has 1 saturated heterocycles. The maximum absolute atomic E-state index is 12.8. The fourth-order valence-electron chi connectivity index (χ4n) is 4.50. The zero-order valence-corrected chi connectivity index (χ0v) is 16.5. The zero-order valence-electron chi connectivity index (χ0n) is 16.5. The zero-order chi connectivity index (χ0) is 20.6. The number of amides is 3. The lowest BCUT2D eigenvalue weighted by Gasteiger charge is -2.45. The van der Waals surface area contributed by atoms with E-state index in [1.54, 1.807) is 11.1 Å². The molecule has 7 heteroatoms. The summed E-state index contributed by atoms with van der Waals surface area (Å²) in [6, 6.07) is 19.6. The molecule has 0 bridgehead atoms. The van der Waals surface area contributed by atoms with Crippen molar-refractivity contribution in [2.45, 2.75) is 24.8 Å². The molecule has 1 aromatic heterocycles. The Balaban J connectivity index is 1.26. The highest BCUT2D eigenvalue weighted by molar-refractivity contribution is 5.83. The van der Waals surface area contributed by atoms with Crippen LogP contribution in [0.4, 0.5) is 4.79 Å². The van der Waals surface area contributed by atoms with Gasteiger partial charge in [-0.1, -0.05) is 54.6 Å². The minimum Gasteiger partial charge on any atom is -0.346 e. The van der Waals surface area contributed by atoms with Gasteiger partial charge in [-0.05, 0) is 30.0 Å². The van der Waals surface area contributed by atoms with Crippen LogP contribution in [-0.4, -0.2) is 39.8 Å². The molecule has 2 aliphatic heterocycles. The number of nitrogens with zero attached hydrogens (tertiary/aromatic N) is 3. The Kier molecular flexibility index (Phi) is 4.50. The first-order chi connectivity index (χ1) is 14.6. The van der Waals surface area contributed by atoms with Gasteiger partial charge in [-0.25, -0.2) is 10.2 Å². The van der Waals surface area contributed by atoms with E-state index in [1.165, 1.54) is 10.4 Å². The van der Waals surface area contributed by atoms with Crippen molar-refractivity contribution >= 4 is 11.9 Å². The van der Waals surface area contributed by atoms with Crippen molar-refractivity contribution in [2.75, 3.05) is 18.5 Å². The molecule has 2 aromatic carbocycles. The Morgan fingerprint density at radius 2 is 1.73 bits per heavy atom. The first-order valence-corrected chi connectivity index (χ1v) is 10.2. The molecule has 0 aliphatic carbocycles. The van der Waals surface area contributed by atoms with Gasteiger partial charge in [-0.3, -0.25) is 4.79 Å². The SMILES string of the molecule is O=C1Cc2ccccc2C2(CCN(C(=O)Nn3ccc(-c4ccccc4)n3)CC2)N1. The Morgan fingerprint density at radius 3 is 2.53 bits per heavy atom. The lowest BCUT2D eigenvalue weighted by atomic mass is 9.76. The van der Waals surface area contributed by atoms with E-state index in [-0.39, 0.29) is 17.5 Å². The number of nitrogens with one attached hydrogen (secondary N) is 2. The second kappa shape index (κ2) is 7.33. The molecule has 2 aliphatic rings. The molecule has 5 rings (SSSR count). The minimum atomic E-state index is -0.380. The third-order valence-electron chi connectivity index (χ3n) is 6.04. The van der Waals surface area contributed by atoms with E-state index in [0.717, 1.165) is 16.8 Å². The third-order valence-corrected chi connectivity index (χ3v) is 6.04. The molecule has 2 N–H and O–H groups in total. The number of hydrogen-bond donors (Lipinski definition) is 2. The summed E-state index contributed by atoms with van der Waals surface area (Å²) in [7, 11) is 0. The van der Waals surface area contributed by atoms with E-state index < -0.39 is 0 Å². The molecular formula is C23H23N5O2. The van der Waals surface area contributed by atoms with Crippen molar-refractivity contribution in [1.29, 1.82) is 0 Å². The number of hydrogen-bond acceptors (Lipinski definition) is 3. The normalized spacial score (nSPS) is 17.3. The van der Waals surface area contributed by atoms with E-state index in [9.17, 15) is 9.59 Å². The lowest BCUT2D eigenvalue weighted by molar-refractivity contribution is -0.124. The second-order valence-electron chi connectivity index (χ2n) is 7.88. The average Bonchev–Trinajstić information content (AvgIpc) is 3.23. The van der Waals surface area contributed by atoms with E-state index in [1.807, 2.05) is 54.6 Å². The molecule has 0 saturated carbocycles. The number of rotatable bonds is 2. The number of carbonyl (C=O) groups is 2. The summed E-state index contributed by atoms with van der Waals surface area (Å²) in [6.45, 7) is 1.13. The van der Waals surface area contributed by atoms with Gasteiger partial charge < -0.3 is 10.2 Å². The molecule has 30 heavy (non-hydrogen) atoms. The van der Waals surface area contributed by atoms with Gasteiger partial charge >= 0.3 is 6.03 Å². The lowest BCUT2D eigenvalue weighted by Crippen LogP contribution is -2.57. The van der Waals surface area contributed by atoms with Crippen LogP contribution in [0.3, 0.4) is 0 Å². The van der Waals surface area contributed by atoms with Crippen molar-refractivity contribution in [3.8, 4) is 11.3 Å².